The lowest BCUT2D eigenvalue weighted by Gasteiger charge is -2.28. The van der Waals surface area contributed by atoms with Gasteiger partial charge in [-0.15, -0.1) is 0 Å². The monoisotopic (exact) mass is 212 g/mol. The molecule has 0 aliphatic heterocycles. The van der Waals surface area contributed by atoms with Gasteiger partial charge in [0.1, 0.15) is 0 Å². The van der Waals surface area contributed by atoms with Crippen molar-refractivity contribution < 1.29 is 22.4 Å². The van der Waals surface area contributed by atoms with Crippen LogP contribution in [0.5, 0.6) is 0 Å². The predicted octanol–water partition coefficient (Wildman–Crippen LogP) is 1.01. The van der Waals surface area contributed by atoms with E-state index < -0.39 is 15.2 Å². The first-order valence-electron chi connectivity index (χ1n) is 4.18. The Bertz CT molecular complexity index is 227. The highest BCUT2D eigenvalue weighted by atomic mass is 32.2. The van der Waals surface area contributed by atoms with Crippen molar-refractivity contribution in [1.29, 1.82) is 0 Å². The summed E-state index contributed by atoms with van der Waals surface area (Å²) in [4.78, 5) is 0. The number of hydrogen-bond acceptors (Lipinski definition) is 4. The smallest absolute Gasteiger partial charge is 0.322 e. The first kappa shape index (κ1) is 12.8. The molecule has 0 heterocycles. The van der Waals surface area contributed by atoms with Crippen LogP contribution in [0.3, 0.4) is 0 Å². The summed E-state index contributed by atoms with van der Waals surface area (Å²) < 4.78 is 40.7. The molecule has 0 aromatic heterocycles. The van der Waals surface area contributed by atoms with E-state index in [9.17, 15) is 8.42 Å². The first-order valence-corrected chi connectivity index (χ1v) is 5.62. The second-order valence-electron chi connectivity index (χ2n) is 2.38. The fourth-order valence-corrected chi connectivity index (χ4v) is 1.92. The van der Waals surface area contributed by atoms with E-state index in [1.54, 1.807) is 20.8 Å². The topological polar surface area (TPSA) is 72.8 Å². The molecule has 0 aromatic rings. The van der Waals surface area contributed by atoms with Crippen LogP contribution in [-0.4, -0.2) is 31.3 Å². The van der Waals surface area contributed by atoms with Gasteiger partial charge in [-0.05, 0) is 13.8 Å². The van der Waals surface area contributed by atoms with Crippen molar-refractivity contribution in [3.05, 3.63) is 0 Å². The van der Waals surface area contributed by atoms with Crippen LogP contribution in [0.1, 0.15) is 27.2 Å². The highest BCUT2D eigenvalue weighted by Crippen LogP contribution is 2.24. The third-order valence-electron chi connectivity index (χ3n) is 1.55. The maximum atomic E-state index is 11.0. The summed E-state index contributed by atoms with van der Waals surface area (Å²) in [6, 6.07) is 0. The normalized spacial score (nSPS) is 13.2. The van der Waals surface area contributed by atoms with Crippen LogP contribution in [0, 0.1) is 0 Å². The summed E-state index contributed by atoms with van der Waals surface area (Å²) in [7, 11) is -4.35. The summed E-state index contributed by atoms with van der Waals surface area (Å²) in [5.74, 6) is 0. The Balaban J connectivity index is 4.86. The minimum absolute atomic E-state index is 0.0491. The fraction of sp³-hybridized carbons (Fsp3) is 1.00. The molecule has 0 amide bonds. The van der Waals surface area contributed by atoms with Gasteiger partial charge in [-0.25, -0.2) is 0 Å². The van der Waals surface area contributed by atoms with Gasteiger partial charge < -0.3 is 9.47 Å². The molecule has 0 saturated carbocycles. The SMILES string of the molecule is CCOC(CC)(OCC)S(=O)(=O)O. The van der Waals surface area contributed by atoms with Crippen molar-refractivity contribution in [2.45, 2.75) is 32.3 Å². The van der Waals surface area contributed by atoms with E-state index in [0.29, 0.717) is 0 Å². The van der Waals surface area contributed by atoms with E-state index in [-0.39, 0.29) is 19.6 Å². The number of hydrogen-bond donors (Lipinski definition) is 1. The molecular weight excluding hydrogens is 196 g/mol. The second-order valence-corrected chi connectivity index (χ2v) is 3.95. The Morgan fingerprint density at radius 1 is 1.15 bits per heavy atom. The lowest BCUT2D eigenvalue weighted by atomic mass is 10.4. The molecular formula is C7H16O5S. The van der Waals surface area contributed by atoms with E-state index in [0.717, 1.165) is 0 Å². The lowest BCUT2D eigenvalue weighted by Crippen LogP contribution is -2.43. The highest BCUT2D eigenvalue weighted by molar-refractivity contribution is 7.86. The molecule has 0 bridgehead atoms. The van der Waals surface area contributed by atoms with Crippen molar-refractivity contribution in [2.24, 2.45) is 0 Å². The van der Waals surface area contributed by atoms with Gasteiger partial charge in [0, 0.05) is 19.6 Å². The Morgan fingerprint density at radius 3 is 1.69 bits per heavy atom. The third kappa shape index (κ3) is 2.91. The largest absolute Gasteiger partial charge is 0.336 e. The minimum Gasteiger partial charge on any atom is -0.336 e. The average Bonchev–Trinajstić information content (AvgIpc) is 2.02. The molecule has 6 heteroatoms. The van der Waals surface area contributed by atoms with Gasteiger partial charge in [0.15, 0.2) is 0 Å². The van der Waals surface area contributed by atoms with E-state index in [4.69, 9.17) is 14.0 Å². The van der Waals surface area contributed by atoms with E-state index in [1.807, 2.05) is 0 Å². The Kier molecular flexibility index (Phi) is 4.83. The standard InChI is InChI=1S/C7H16O5S/c1-4-7(11-5-2,12-6-3)13(8,9)10/h4-6H2,1-3H3,(H,8,9,10). The molecule has 80 valence electrons. The molecule has 0 saturated heterocycles. The van der Waals surface area contributed by atoms with Crippen LogP contribution in [0.4, 0.5) is 0 Å². The van der Waals surface area contributed by atoms with Gasteiger partial charge >= 0.3 is 10.1 Å². The molecule has 0 aromatic carbocycles. The highest BCUT2D eigenvalue weighted by Gasteiger charge is 2.43. The van der Waals surface area contributed by atoms with E-state index >= 15 is 0 Å². The zero-order valence-corrected chi connectivity index (χ0v) is 8.93. The van der Waals surface area contributed by atoms with Gasteiger partial charge in [-0.2, -0.15) is 8.42 Å². The van der Waals surface area contributed by atoms with Crippen LogP contribution in [0.2, 0.25) is 0 Å². The van der Waals surface area contributed by atoms with Crippen LogP contribution in [0.15, 0.2) is 0 Å². The van der Waals surface area contributed by atoms with Gasteiger partial charge in [0.05, 0.1) is 0 Å². The molecule has 0 aliphatic rings. The molecule has 0 radical (unpaired) electrons. The zero-order valence-electron chi connectivity index (χ0n) is 8.11. The lowest BCUT2D eigenvalue weighted by molar-refractivity contribution is -0.177. The van der Waals surface area contributed by atoms with Crippen LogP contribution in [0.25, 0.3) is 0 Å². The quantitative estimate of drug-likeness (QED) is 0.525. The summed E-state index contributed by atoms with van der Waals surface area (Å²) in [6.45, 7) is 5.16. The van der Waals surface area contributed by atoms with Gasteiger partial charge in [-0.3, -0.25) is 4.55 Å². The molecule has 0 atom stereocenters. The minimum atomic E-state index is -4.35. The van der Waals surface area contributed by atoms with E-state index in [1.165, 1.54) is 0 Å². The maximum Gasteiger partial charge on any atom is 0.322 e. The van der Waals surface area contributed by atoms with Crippen LogP contribution >= 0.6 is 0 Å². The Hall–Kier alpha value is -0.170. The molecule has 0 fully saturated rings. The summed E-state index contributed by atoms with van der Waals surface area (Å²) in [5, 5.41) is -1.89. The van der Waals surface area contributed by atoms with Gasteiger partial charge in [-0.1, -0.05) is 6.92 Å². The number of ether oxygens (including phenoxy) is 2. The van der Waals surface area contributed by atoms with Crippen LogP contribution in [-0.2, 0) is 19.6 Å². The van der Waals surface area contributed by atoms with Crippen molar-refractivity contribution in [3.8, 4) is 0 Å². The second kappa shape index (κ2) is 4.90. The number of rotatable bonds is 6. The maximum absolute atomic E-state index is 11.0. The molecule has 0 spiro atoms. The van der Waals surface area contributed by atoms with Gasteiger partial charge in [0.2, 0.25) is 0 Å². The average molecular weight is 212 g/mol. The predicted molar refractivity (Wildman–Crippen MR) is 47.8 cm³/mol. The molecule has 0 aliphatic carbocycles. The van der Waals surface area contributed by atoms with Crippen molar-refractivity contribution in [3.63, 3.8) is 0 Å². The van der Waals surface area contributed by atoms with Crippen molar-refractivity contribution >= 4 is 10.1 Å². The first-order chi connectivity index (χ1) is 5.93. The molecule has 0 rings (SSSR count). The zero-order chi connectivity index (χ0) is 10.5. The van der Waals surface area contributed by atoms with Crippen LogP contribution < -0.4 is 0 Å². The van der Waals surface area contributed by atoms with Crippen molar-refractivity contribution in [1.82, 2.24) is 0 Å². The summed E-state index contributed by atoms with van der Waals surface area (Å²) >= 11 is 0. The fourth-order valence-electron chi connectivity index (χ4n) is 1.02. The Labute approximate surface area is 78.8 Å². The molecule has 5 nitrogen and oxygen atoms in total. The molecule has 13 heavy (non-hydrogen) atoms. The summed E-state index contributed by atoms with van der Waals surface area (Å²) in [6.07, 6.45) is 0.0491. The molecule has 0 unspecified atom stereocenters. The van der Waals surface area contributed by atoms with E-state index in [2.05, 4.69) is 0 Å². The third-order valence-corrected chi connectivity index (χ3v) is 2.86. The molecule has 1 N–H and O–H groups in total. The van der Waals surface area contributed by atoms with Crippen molar-refractivity contribution in [2.75, 3.05) is 13.2 Å². The van der Waals surface area contributed by atoms with Gasteiger partial charge in [0.25, 0.3) is 5.12 Å². The summed E-state index contributed by atoms with van der Waals surface area (Å²) in [5.41, 5.74) is 0. The Morgan fingerprint density at radius 2 is 1.54 bits per heavy atom.